The summed E-state index contributed by atoms with van der Waals surface area (Å²) in [5.74, 6) is -1.78. The molecule has 3 aromatic rings. The molecule has 5 rings (SSSR count). The molecule has 0 unspecified atom stereocenters. The second kappa shape index (κ2) is 8.99. The molecule has 2 saturated heterocycles. The Kier molecular flexibility index (Phi) is 6.24. The quantitative estimate of drug-likeness (QED) is 0.359. The van der Waals surface area contributed by atoms with Crippen molar-refractivity contribution in [3.05, 3.63) is 58.0 Å². The molecule has 0 spiro atoms. The highest BCUT2D eigenvalue weighted by atomic mass is 31.2. The number of halogens is 2. The van der Waals surface area contributed by atoms with Gasteiger partial charge in [0.1, 0.15) is 29.4 Å². The second-order valence-corrected chi connectivity index (χ2v) is 10.4. The lowest BCUT2D eigenvalue weighted by atomic mass is 9.96. The van der Waals surface area contributed by atoms with Gasteiger partial charge in [0.25, 0.3) is 5.56 Å². The van der Waals surface area contributed by atoms with Crippen molar-refractivity contribution in [2.75, 3.05) is 18.9 Å². The maximum atomic E-state index is 13.6. The number of hydrogen-bond acceptors (Lipinski definition) is 10. The first-order valence-corrected chi connectivity index (χ1v) is 12.4. The van der Waals surface area contributed by atoms with Crippen LogP contribution in [-0.4, -0.2) is 55.8 Å². The molecule has 36 heavy (non-hydrogen) atoms. The molecule has 0 aliphatic carbocycles. The van der Waals surface area contributed by atoms with E-state index in [-0.39, 0.29) is 35.6 Å². The Bertz CT molecular complexity index is 1390. The van der Waals surface area contributed by atoms with Gasteiger partial charge in [0.2, 0.25) is 5.95 Å². The highest BCUT2D eigenvalue weighted by molar-refractivity contribution is 7.48. The number of anilines is 1. The van der Waals surface area contributed by atoms with Crippen LogP contribution in [0.3, 0.4) is 0 Å². The summed E-state index contributed by atoms with van der Waals surface area (Å²) < 4.78 is 63.4. The number of fused-ring (bicyclic) bond motifs is 1. The SMILES string of the molecule is C[C@@]1(O)[C@H](O)[C@@H](CO[P@@]2(=O)OCC[C@@H](c3cc(F)cc(F)c3)O2)O[C@H]1n1ccc2c(=O)[nH]c(N)nc21. The first-order valence-electron chi connectivity index (χ1n) is 10.9. The van der Waals surface area contributed by atoms with Crippen LogP contribution >= 0.6 is 7.82 Å². The Labute approximate surface area is 202 Å². The van der Waals surface area contributed by atoms with Crippen molar-refractivity contribution < 1.29 is 41.9 Å². The van der Waals surface area contributed by atoms with E-state index in [4.69, 9.17) is 24.0 Å². The second-order valence-electron chi connectivity index (χ2n) is 8.77. The summed E-state index contributed by atoms with van der Waals surface area (Å²) in [6.07, 6.45) is -3.29. The molecule has 2 fully saturated rings. The van der Waals surface area contributed by atoms with E-state index in [9.17, 15) is 28.4 Å². The van der Waals surface area contributed by atoms with E-state index in [1.165, 1.54) is 23.8 Å². The number of aliphatic hydroxyl groups excluding tert-OH is 1. The molecule has 12 nitrogen and oxygen atoms in total. The van der Waals surface area contributed by atoms with Gasteiger partial charge in [0.15, 0.2) is 11.9 Å². The van der Waals surface area contributed by atoms with Crippen LogP contribution in [0, 0.1) is 11.6 Å². The van der Waals surface area contributed by atoms with Crippen LogP contribution in [0.2, 0.25) is 0 Å². The normalized spacial score (nSPS) is 32.8. The Morgan fingerprint density at radius 2 is 2.08 bits per heavy atom. The van der Waals surface area contributed by atoms with E-state index < -0.39 is 61.8 Å². The van der Waals surface area contributed by atoms with Crippen LogP contribution in [0.4, 0.5) is 14.7 Å². The fraction of sp³-hybridized carbons (Fsp3) is 0.429. The monoisotopic (exact) mass is 528 g/mol. The molecule has 2 aliphatic heterocycles. The summed E-state index contributed by atoms with van der Waals surface area (Å²) in [5, 5.41) is 21.9. The van der Waals surface area contributed by atoms with Gasteiger partial charge >= 0.3 is 7.82 Å². The summed E-state index contributed by atoms with van der Waals surface area (Å²) >= 11 is 0. The molecular formula is C21H23F2N4O8P. The number of benzene rings is 1. The molecule has 6 atom stereocenters. The smallest absolute Gasteiger partial charge is 0.387 e. The summed E-state index contributed by atoms with van der Waals surface area (Å²) in [5.41, 5.74) is 3.50. The fourth-order valence-electron chi connectivity index (χ4n) is 4.36. The summed E-state index contributed by atoms with van der Waals surface area (Å²) in [7, 11) is -4.22. The Balaban J connectivity index is 1.33. The number of phosphoric ester groups is 1. The average Bonchev–Trinajstić information content (AvgIpc) is 3.30. The van der Waals surface area contributed by atoms with E-state index in [2.05, 4.69) is 9.97 Å². The molecule has 15 heteroatoms. The molecule has 5 N–H and O–H groups in total. The minimum atomic E-state index is -4.22. The number of aromatic nitrogens is 3. The number of nitrogens with two attached hydrogens (primary N) is 1. The van der Waals surface area contributed by atoms with Gasteiger partial charge in [-0.25, -0.2) is 13.3 Å². The lowest BCUT2D eigenvalue weighted by molar-refractivity contribution is -0.0950. The third-order valence-electron chi connectivity index (χ3n) is 6.15. The van der Waals surface area contributed by atoms with Gasteiger partial charge in [-0.1, -0.05) is 0 Å². The van der Waals surface area contributed by atoms with Crippen molar-refractivity contribution in [1.29, 1.82) is 0 Å². The Morgan fingerprint density at radius 3 is 2.81 bits per heavy atom. The van der Waals surface area contributed by atoms with E-state index in [1.54, 1.807) is 0 Å². The first kappa shape index (κ1) is 25.0. The molecule has 4 heterocycles. The molecule has 0 amide bonds. The summed E-state index contributed by atoms with van der Waals surface area (Å²) in [6, 6.07) is 4.27. The number of ether oxygens (including phenoxy) is 1. The topological polar surface area (TPSA) is 171 Å². The molecule has 194 valence electrons. The highest BCUT2D eigenvalue weighted by Gasteiger charge is 2.54. The number of nitrogens with zero attached hydrogens (tertiary/aromatic N) is 2. The van der Waals surface area contributed by atoms with Gasteiger partial charge in [-0.3, -0.25) is 23.3 Å². The van der Waals surface area contributed by atoms with Gasteiger partial charge in [-0.15, -0.1) is 0 Å². The number of nitrogens with one attached hydrogen (secondary N) is 1. The van der Waals surface area contributed by atoms with Crippen molar-refractivity contribution in [3.63, 3.8) is 0 Å². The van der Waals surface area contributed by atoms with Crippen molar-refractivity contribution >= 4 is 24.8 Å². The maximum Gasteiger partial charge on any atom is 0.475 e. The average molecular weight is 528 g/mol. The first-order chi connectivity index (χ1) is 17.0. The highest BCUT2D eigenvalue weighted by Crippen LogP contribution is 2.57. The number of nitrogen functional groups attached to an aromatic ring is 1. The van der Waals surface area contributed by atoms with Crippen molar-refractivity contribution in [3.8, 4) is 0 Å². The lowest BCUT2D eigenvalue weighted by Gasteiger charge is -2.30. The number of phosphoric acid groups is 1. The zero-order chi connectivity index (χ0) is 25.8. The van der Waals surface area contributed by atoms with Crippen LogP contribution in [0.25, 0.3) is 11.0 Å². The van der Waals surface area contributed by atoms with Crippen molar-refractivity contribution in [2.45, 2.75) is 43.5 Å². The molecule has 2 aliphatic rings. The summed E-state index contributed by atoms with van der Waals surface area (Å²) in [6.45, 7) is 0.713. The van der Waals surface area contributed by atoms with Gasteiger partial charge in [-0.2, -0.15) is 4.98 Å². The Morgan fingerprint density at radius 1 is 1.36 bits per heavy atom. The van der Waals surface area contributed by atoms with Gasteiger partial charge in [-0.05, 0) is 30.7 Å². The van der Waals surface area contributed by atoms with Gasteiger partial charge < -0.3 is 25.3 Å². The molecule has 1 aromatic carbocycles. The number of H-pyrrole nitrogens is 1. The lowest BCUT2D eigenvalue weighted by Crippen LogP contribution is -2.44. The van der Waals surface area contributed by atoms with Crippen LogP contribution in [0.5, 0.6) is 0 Å². The van der Waals surface area contributed by atoms with Crippen LogP contribution < -0.4 is 11.3 Å². The largest absolute Gasteiger partial charge is 0.475 e. The number of rotatable bonds is 5. The number of aromatic amines is 1. The predicted octanol–water partition coefficient (Wildman–Crippen LogP) is 1.90. The molecule has 0 saturated carbocycles. The summed E-state index contributed by atoms with van der Waals surface area (Å²) in [4.78, 5) is 18.6. The zero-order valence-corrected chi connectivity index (χ0v) is 19.7. The van der Waals surface area contributed by atoms with Crippen LogP contribution in [0.1, 0.15) is 31.2 Å². The predicted molar refractivity (Wildman–Crippen MR) is 120 cm³/mol. The third-order valence-corrected chi connectivity index (χ3v) is 7.62. The van der Waals surface area contributed by atoms with E-state index in [0.29, 0.717) is 6.07 Å². The third kappa shape index (κ3) is 4.45. The standard InChI is InChI=1S/C21H23F2N4O8P/c1-21(30)16(28)15(34-19(21)27-4-2-13-17(27)25-20(24)26-18(13)29)9-33-36(31)32-5-3-14(35-36)10-6-11(22)8-12(23)7-10/h2,4,6-8,14-16,19,28,30H,3,5,9H2,1H3,(H3,24,25,26,29)/t14-,15+,16+,19+,21+,36+/m0/s1. The van der Waals surface area contributed by atoms with Crippen molar-refractivity contribution in [1.82, 2.24) is 14.5 Å². The minimum Gasteiger partial charge on any atom is -0.387 e. The zero-order valence-electron chi connectivity index (χ0n) is 18.8. The fourth-order valence-corrected chi connectivity index (χ4v) is 5.75. The molecular weight excluding hydrogens is 505 g/mol. The maximum absolute atomic E-state index is 13.6. The molecule has 0 bridgehead atoms. The number of hydrogen-bond donors (Lipinski definition) is 4. The number of aliphatic hydroxyl groups is 2. The molecule has 0 radical (unpaired) electrons. The van der Waals surface area contributed by atoms with Crippen molar-refractivity contribution in [2.24, 2.45) is 0 Å². The van der Waals surface area contributed by atoms with Gasteiger partial charge in [0, 0.05) is 18.7 Å². The van der Waals surface area contributed by atoms with Gasteiger partial charge in [0.05, 0.1) is 24.7 Å². The minimum absolute atomic E-state index is 0.0779. The van der Waals surface area contributed by atoms with E-state index in [1.807, 2.05) is 0 Å². The Hall–Kier alpha value is -2.71. The van der Waals surface area contributed by atoms with Crippen LogP contribution in [-0.2, 0) is 22.9 Å². The molecule has 2 aromatic heterocycles. The van der Waals surface area contributed by atoms with E-state index in [0.717, 1.165) is 12.1 Å². The van der Waals surface area contributed by atoms with Crippen LogP contribution in [0.15, 0.2) is 35.3 Å². The van der Waals surface area contributed by atoms with E-state index >= 15 is 0 Å².